The fraction of sp³-hybridized carbons (Fsp3) is 0.400. The molecule has 0 aliphatic carbocycles. The van der Waals surface area contributed by atoms with Gasteiger partial charge in [-0.15, -0.1) is 0 Å². The number of aromatic nitrogens is 2. The molecule has 0 aliphatic rings. The van der Waals surface area contributed by atoms with Gasteiger partial charge in [-0.05, 0) is 11.6 Å². The van der Waals surface area contributed by atoms with E-state index in [4.69, 9.17) is 11.6 Å². The number of hydrogen-bond acceptors (Lipinski definition) is 0. The van der Waals surface area contributed by atoms with E-state index in [1.807, 2.05) is 24.9 Å². The molecule has 0 spiro atoms. The zero-order chi connectivity index (χ0) is 7.02. The Morgan fingerprint density at radius 1 is 1.78 bits per heavy atom. The molecule has 0 saturated heterocycles. The number of aryl methyl sites for hydroxylation is 1. The molecule has 9 heavy (non-hydrogen) atoms. The number of rotatable bonds is 0. The highest BCUT2D eigenvalue weighted by Gasteiger charge is 2.04. The Morgan fingerprint density at radius 2 is 2.33 bits per heavy atom. The molecule has 4 heteroatoms. The number of halogens is 1. The van der Waals surface area contributed by atoms with Crippen LogP contribution in [-0.2, 0) is 14.1 Å². The largest absolute Gasteiger partial charge is 0.273 e. The molecule has 1 aromatic rings. The molecule has 1 heterocycles. The topological polar surface area (TPSA) is 8.81 Å². The molecule has 0 aliphatic heterocycles. The van der Waals surface area contributed by atoms with Crippen LogP contribution in [0.3, 0.4) is 0 Å². The SMILES string of the molecule is [BH3-]c1n(C)cc(Cl)[n+]1C. The minimum absolute atomic E-state index is 0.258. The molecule has 1 rings (SSSR count). The predicted octanol–water partition coefficient (Wildman–Crippen LogP) is -1.51. The summed E-state index contributed by atoms with van der Waals surface area (Å²) in [5, 5.41) is 0.836. The Hall–Kier alpha value is -0.435. The number of nitrogens with zero attached hydrogens (tertiary/aromatic N) is 2. The first kappa shape index (κ1) is 6.68. The second-order valence-corrected chi connectivity index (χ2v) is 2.11. The third-order valence-corrected chi connectivity index (χ3v) is 1.28. The van der Waals surface area contributed by atoms with E-state index in [0.29, 0.717) is 0 Å². The van der Waals surface area contributed by atoms with Crippen molar-refractivity contribution in [3.63, 3.8) is 0 Å². The third-order valence-electron chi connectivity index (χ3n) is 0.928. The maximum atomic E-state index is 5.82. The van der Waals surface area contributed by atoms with Gasteiger partial charge in [-0.25, -0.2) is 0 Å². The van der Waals surface area contributed by atoms with E-state index in [1.54, 1.807) is 0 Å². The van der Waals surface area contributed by atoms with E-state index in [1.165, 1.54) is 5.72 Å². The van der Waals surface area contributed by atoms with Crippen molar-refractivity contribution >= 4 is 25.2 Å². The second-order valence-electron chi connectivity index (χ2n) is 1.72. The summed E-state index contributed by atoms with van der Waals surface area (Å²) in [7, 11) is 4.30. The number of imidazole rings is 1. The van der Waals surface area contributed by atoms with Crippen molar-refractivity contribution in [2.75, 3.05) is 0 Å². The molecule has 50 valence electrons. The molecule has 0 amide bonds. The first-order valence-corrected chi connectivity index (χ1v) is 2.68. The first-order chi connectivity index (χ1) is 4.13. The van der Waals surface area contributed by atoms with Gasteiger partial charge in [0.1, 0.15) is 6.20 Å². The maximum Gasteiger partial charge on any atom is 0.231 e. The predicted molar refractivity (Wildman–Crippen MR) is 41.2 cm³/mol. The van der Waals surface area contributed by atoms with Gasteiger partial charge in [-0.1, -0.05) is 0 Å². The molecular weight excluding hydrogens is 134 g/mol. The second kappa shape index (κ2) is 2.07. The zero-order valence-electron chi connectivity index (χ0n) is 4.85. The highest BCUT2D eigenvalue weighted by Crippen LogP contribution is 1.95. The van der Waals surface area contributed by atoms with Crippen LogP contribution in [0.1, 0.15) is 0 Å². The van der Waals surface area contributed by atoms with E-state index in [9.17, 15) is 0 Å². The van der Waals surface area contributed by atoms with E-state index in [-0.39, 0.29) is 7.85 Å². The van der Waals surface area contributed by atoms with Crippen LogP contribution in [-0.4, -0.2) is 12.4 Å². The average molecular weight is 144 g/mol. The van der Waals surface area contributed by atoms with Gasteiger partial charge in [-0.2, -0.15) is 0 Å². The molecule has 0 radical (unpaired) electrons. The van der Waals surface area contributed by atoms with Crippen molar-refractivity contribution in [1.29, 1.82) is 0 Å². The smallest absolute Gasteiger partial charge is 0.231 e. The lowest BCUT2D eigenvalue weighted by Crippen LogP contribution is -2.46. The Labute approximate surface area is 60.5 Å². The van der Waals surface area contributed by atoms with E-state index in [0.717, 1.165) is 5.15 Å². The van der Waals surface area contributed by atoms with E-state index >= 15 is 0 Å². The maximum absolute atomic E-state index is 5.82. The highest BCUT2D eigenvalue weighted by molar-refractivity contribution is 6.31. The minimum Gasteiger partial charge on any atom is -0.273 e. The standard InChI is InChI=1S/C5H10BClN2/c1-8-3-4(7)9(2)5(8)6/h3H,1-2,6H3. The average Bonchev–Trinajstić information content (AvgIpc) is 1.98. The lowest BCUT2D eigenvalue weighted by atomic mass is 10.1. The van der Waals surface area contributed by atoms with Crippen molar-refractivity contribution in [3.05, 3.63) is 11.3 Å². The Bertz CT molecular complexity index is 209. The van der Waals surface area contributed by atoms with Crippen LogP contribution >= 0.6 is 11.6 Å². The van der Waals surface area contributed by atoms with Gasteiger partial charge < -0.3 is 0 Å². The summed E-state index contributed by atoms with van der Waals surface area (Å²) in [6, 6.07) is 0. The van der Waals surface area contributed by atoms with Crippen molar-refractivity contribution in [3.8, 4) is 0 Å². The quantitative estimate of drug-likeness (QED) is 0.309. The molecule has 0 N–H and O–H groups in total. The normalized spacial score (nSPS) is 10.2. The number of hydrogen-bond donors (Lipinski definition) is 0. The van der Waals surface area contributed by atoms with Gasteiger partial charge in [-0.3, -0.25) is 9.13 Å². The van der Waals surface area contributed by atoms with Gasteiger partial charge in [0, 0.05) is 0 Å². The summed E-state index contributed by atoms with van der Waals surface area (Å²) >= 11 is 5.82. The van der Waals surface area contributed by atoms with Gasteiger partial charge in [0.2, 0.25) is 5.15 Å². The molecule has 0 saturated carbocycles. The Kier molecular flexibility index (Phi) is 1.53. The summed E-state index contributed by atoms with van der Waals surface area (Å²) in [6.45, 7) is 0. The minimum atomic E-state index is 0.258. The molecular formula is C5H10BClN2. The van der Waals surface area contributed by atoms with Crippen LogP contribution in [0, 0.1) is 0 Å². The van der Waals surface area contributed by atoms with E-state index < -0.39 is 0 Å². The fourth-order valence-electron chi connectivity index (χ4n) is 0.560. The highest BCUT2D eigenvalue weighted by atomic mass is 35.5. The molecule has 0 fully saturated rings. The van der Waals surface area contributed by atoms with Gasteiger partial charge in [0.15, 0.2) is 0 Å². The lowest BCUT2D eigenvalue weighted by molar-refractivity contribution is -0.650. The summed E-state index contributed by atoms with van der Waals surface area (Å²) in [5.41, 5.74) is 1.40. The van der Waals surface area contributed by atoms with Gasteiger partial charge in [0.25, 0.3) is 0 Å². The van der Waals surface area contributed by atoms with Crippen LogP contribution in [0.25, 0.3) is 0 Å². The van der Waals surface area contributed by atoms with Crippen molar-refractivity contribution < 1.29 is 4.57 Å². The van der Waals surface area contributed by atoms with Crippen molar-refractivity contribution in [1.82, 2.24) is 4.57 Å². The zero-order valence-corrected chi connectivity index (χ0v) is 5.61. The summed E-state index contributed by atoms with van der Waals surface area (Å²) < 4.78 is 4.14. The Balaban J connectivity index is 3.29. The fourth-order valence-corrected chi connectivity index (χ4v) is 0.744. The van der Waals surface area contributed by atoms with Crippen LogP contribution in [0.15, 0.2) is 6.20 Å². The monoisotopic (exact) mass is 144 g/mol. The van der Waals surface area contributed by atoms with Crippen LogP contribution in [0.2, 0.25) is 5.15 Å². The summed E-state index contributed by atoms with van der Waals surface area (Å²) in [4.78, 5) is 0. The first-order valence-electron chi connectivity index (χ1n) is 2.30. The third kappa shape index (κ3) is 0.967. The molecule has 0 aromatic carbocycles. The summed E-state index contributed by atoms with van der Waals surface area (Å²) in [6.07, 6.45) is 1.95. The van der Waals surface area contributed by atoms with Crippen molar-refractivity contribution in [2.24, 2.45) is 14.1 Å². The van der Waals surface area contributed by atoms with Crippen LogP contribution in [0.5, 0.6) is 0 Å². The summed E-state index contributed by atoms with van der Waals surface area (Å²) in [5.74, 6) is 0. The van der Waals surface area contributed by atoms with Gasteiger partial charge in [0.05, 0.1) is 27.7 Å². The molecule has 0 unspecified atom stereocenters. The molecule has 0 atom stereocenters. The molecule has 0 bridgehead atoms. The molecule has 1 aromatic heterocycles. The van der Waals surface area contributed by atoms with Crippen LogP contribution in [0.4, 0.5) is 0 Å². The lowest BCUT2D eigenvalue weighted by Gasteiger charge is -1.92. The van der Waals surface area contributed by atoms with Crippen LogP contribution < -0.4 is 10.3 Å². The van der Waals surface area contributed by atoms with Crippen molar-refractivity contribution in [2.45, 2.75) is 0 Å². The van der Waals surface area contributed by atoms with E-state index in [2.05, 4.69) is 4.57 Å². The van der Waals surface area contributed by atoms with Gasteiger partial charge >= 0.3 is 0 Å². The Morgan fingerprint density at radius 3 is 2.44 bits per heavy atom. The molecule has 2 nitrogen and oxygen atoms in total.